The summed E-state index contributed by atoms with van der Waals surface area (Å²) in [5, 5.41) is 5.82. The third-order valence-electron chi connectivity index (χ3n) is 2.56. The van der Waals surface area contributed by atoms with Gasteiger partial charge in [-0.15, -0.1) is 11.3 Å². The summed E-state index contributed by atoms with van der Waals surface area (Å²) in [6, 6.07) is 7.92. The Kier molecular flexibility index (Phi) is 4.74. The molecule has 0 spiro atoms. The number of hydrogen-bond donors (Lipinski definition) is 1. The molecule has 0 saturated heterocycles. The molecule has 0 bridgehead atoms. The molecule has 2 aromatic rings. The van der Waals surface area contributed by atoms with Crippen molar-refractivity contribution in [3.8, 4) is 0 Å². The Hall–Kier alpha value is -0.910. The van der Waals surface area contributed by atoms with Crippen LogP contribution in [0, 0.1) is 0 Å². The van der Waals surface area contributed by atoms with Crippen LogP contribution in [0.5, 0.6) is 0 Å². The van der Waals surface area contributed by atoms with Gasteiger partial charge in [0.2, 0.25) is 0 Å². The first kappa shape index (κ1) is 13.5. The van der Waals surface area contributed by atoms with Gasteiger partial charge in [0.05, 0.1) is 17.0 Å². The zero-order chi connectivity index (χ0) is 13.0. The maximum Gasteiger partial charge on any atom is 0.252 e. The Morgan fingerprint density at radius 2 is 2.28 bits per heavy atom. The number of amides is 1. The standard InChI is InChI=1S/C13H14BrNO2S/c1-17-7-9(14)6-15-13(16)11-8-18-12-5-3-2-4-10(11)12/h2-5,8-9H,6-7H2,1H3,(H,15,16). The molecular formula is C13H14BrNO2S. The number of methoxy groups -OCH3 is 1. The molecule has 0 aliphatic carbocycles. The van der Waals surface area contributed by atoms with E-state index in [0.29, 0.717) is 13.2 Å². The monoisotopic (exact) mass is 327 g/mol. The molecule has 1 N–H and O–H groups in total. The van der Waals surface area contributed by atoms with E-state index in [0.717, 1.165) is 15.6 Å². The Bertz CT molecular complexity index is 541. The fourth-order valence-electron chi connectivity index (χ4n) is 1.69. The normalized spacial score (nSPS) is 12.6. The SMILES string of the molecule is COCC(Br)CNC(=O)c1csc2ccccc12. The van der Waals surface area contributed by atoms with Crippen molar-refractivity contribution in [2.24, 2.45) is 0 Å². The van der Waals surface area contributed by atoms with Gasteiger partial charge in [-0.1, -0.05) is 34.1 Å². The summed E-state index contributed by atoms with van der Waals surface area (Å²) in [6.45, 7) is 1.13. The minimum Gasteiger partial charge on any atom is -0.383 e. The highest BCUT2D eigenvalue weighted by Crippen LogP contribution is 2.25. The molecule has 1 unspecified atom stereocenters. The van der Waals surface area contributed by atoms with E-state index >= 15 is 0 Å². The van der Waals surface area contributed by atoms with Crippen molar-refractivity contribution in [3.05, 3.63) is 35.2 Å². The van der Waals surface area contributed by atoms with E-state index in [1.165, 1.54) is 0 Å². The molecule has 1 atom stereocenters. The number of fused-ring (bicyclic) bond motifs is 1. The molecule has 0 radical (unpaired) electrons. The Balaban J connectivity index is 2.05. The number of nitrogens with one attached hydrogen (secondary N) is 1. The van der Waals surface area contributed by atoms with Gasteiger partial charge >= 0.3 is 0 Å². The fraction of sp³-hybridized carbons (Fsp3) is 0.308. The molecule has 96 valence electrons. The van der Waals surface area contributed by atoms with Gasteiger partial charge in [-0.3, -0.25) is 4.79 Å². The average molecular weight is 328 g/mol. The summed E-state index contributed by atoms with van der Waals surface area (Å²) in [5.41, 5.74) is 0.743. The van der Waals surface area contributed by atoms with Gasteiger partial charge in [0.1, 0.15) is 0 Å². The lowest BCUT2D eigenvalue weighted by atomic mass is 10.1. The van der Waals surface area contributed by atoms with Crippen LogP contribution in [-0.4, -0.2) is 31.0 Å². The number of benzene rings is 1. The lowest BCUT2D eigenvalue weighted by Gasteiger charge is -2.09. The second kappa shape index (κ2) is 6.31. The van der Waals surface area contributed by atoms with Crippen LogP contribution in [0.25, 0.3) is 10.1 Å². The first-order valence-corrected chi connectivity index (χ1v) is 7.39. The molecule has 1 aromatic heterocycles. The molecule has 1 amide bonds. The zero-order valence-corrected chi connectivity index (χ0v) is 12.4. The number of carbonyl (C=O) groups excluding carboxylic acids is 1. The molecule has 0 saturated carbocycles. The quantitative estimate of drug-likeness (QED) is 0.857. The van der Waals surface area contributed by atoms with Crippen LogP contribution in [0.3, 0.4) is 0 Å². The lowest BCUT2D eigenvalue weighted by Crippen LogP contribution is -2.31. The zero-order valence-electron chi connectivity index (χ0n) is 9.98. The highest BCUT2D eigenvalue weighted by atomic mass is 79.9. The first-order valence-electron chi connectivity index (χ1n) is 5.60. The van der Waals surface area contributed by atoms with Gasteiger partial charge in [0.15, 0.2) is 0 Å². The minimum atomic E-state index is -0.0343. The summed E-state index contributed by atoms with van der Waals surface area (Å²) < 4.78 is 6.13. The van der Waals surface area contributed by atoms with Gasteiger partial charge in [-0.25, -0.2) is 0 Å². The maximum atomic E-state index is 12.1. The fourth-order valence-corrected chi connectivity index (χ4v) is 3.06. The number of thiophene rings is 1. The van der Waals surface area contributed by atoms with Crippen molar-refractivity contribution in [1.82, 2.24) is 5.32 Å². The topological polar surface area (TPSA) is 38.3 Å². The van der Waals surface area contributed by atoms with Crippen LogP contribution >= 0.6 is 27.3 Å². The smallest absolute Gasteiger partial charge is 0.252 e. The van der Waals surface area contributed by atoms with Gasteiger partial charge in [0.25, 0.3) is 5.91 Å². The van der Waals surface area contributed by atoms with Crippen LogP contribution in [0.1, 0.15) is 10.4 Å². The maximum absolute atomic E-state index is 12.1. The number of halogens is 1. The molecule has 0 aliphatic heterocycles. The highest BCUT2D eigenvalue weighted by Gasteiger charge is 2.12. The van der Waals surface area contributed by atoms with E-state index in [4.69, 9.17) is 4.74 Å². The van der Waals surface area contributed by atoms with Crippen molar-refractivity contribution in [1.29, 1.82) is 0 Å². The summed E-state index contributed by atoms with van der Waals surface area (Å²) in [6.07, 6.45) is 0. The largest absolute Gasteiger partial charge is 0.383 e. The third kappa shape index (κ3) is 3.10. The third-order valence-corrected chi connectivity index (χ3v) is 4.11. The van der Waals surface area contributed by atoms with Gasteiger partial charge in [0, 0.05) is 29.1 Å². The Labute approximate surface area is 118 Å². The van der Waals surface area contributed by atoms with Crippen LogP contribution in [0.15, 0.2) is 29.6 Å². The molecule has 0 fully saturated rings. The van der Waals surface area contributed by atoms with E-state index in [-0.39, 0.29) is 10.7 Å². The van der Waals surface area contributed by atoms with Crippen LogP contribution < -0.4 is 5.32 Å². The molecule has 18 heavy (non-hydrogen) atoms. The molecule has 1 aromatic carbocycles. The predicted molar refractivity (Wildman–Crippen MR) is 78.7 cm³/mol. The van der Waals surface area contributed by atoms with Gasteiger partial charge in [-0.05, 0) is 6.07 Å². The first-order chi connectivity index (χ1) is 8.72. The van der Waals surface area contributed by atoms with Gasteiger partial charge in [-0.2, -0.15) is 0 Å². The number of rotatable bonds is 5. The molecule has 0 aliphatic rings. The van der Waals surface area contributed by atoms with E-state index in [9.17, 15) is 4.79 Å². The van der Waals surface area contributed by atoms with Crippen molar-refractivity contribution >= 4 is 43.3 Å². The Morgan fingerprint density at radius 1 is 1.50 bits per heavy atom. The summed E-state index contributed by atoms with van der Waals surface area (Å²) in [5.74, 6) is -0.0343. The van der Waals surface area contributed by atoms with Crippen LogP contribution in [0.2, 0.25) is 0 Å². The summed E-state index contributed by atoms with van der Waals surface area (Å²) in [4.78, 5) is 12.2. The van der Waals surface area contributed by atoms with Crippen LogP contribution in [0.4, 0.5) is 0 Å². The van der Waals surface area contributed by atoms with Crippen LogP contribution in [-0.2, 0) is 4.74 Å². The number of ether oxygens (including phenoxy) is 1. The lowest BCUT2D eigenvalue weighted by molar-refractivity contribution is 0.0952. The van der Waals surface area contributed by atoms with Crippen molar-refractivity contribution < 1.29 is 9.53 Å². The van der Waals surface area contributed by atoms with E-state index in [1.807, 2.05) is 29.6 Å². The van der Waals surface area contributed by atoms with Crippen molar-refractivity contribution in [2.45, 2.75) is 4.83 Å². The number of alkyl halides is 1. The van der Waals surface area contributed by atoms with Crippen molar-refractivity contribution in [2.75, 3.05) is 20.3 Å². The minimum absolute atomic E-state index is 0.0343. The summed E-state index contributed by atoms with van der Waals surface area (Å²) >= 11 is 5.03. The van der Waals surface area contributed by atoms with Gasteiger partial charge < -0.3 is 10.1 Å². The molecular weight excluding hydrogens is 314 g/mol. The second-order valence-corrected chi connectivity index (χ2v) is 6.11. The average Bonchev–Trinajstić information content (AvgIpc) is 2.80. The second-order valence-electron chi connectivity index (χ2n) is 3.91. The predicted octanol–water partition coefficient (Wildman–Crippen LogP) is 3.04. The number of hydrogen-bond acceptors (Lipinski definition) is 3. The highest BCUT2D eigenvalue weighted by molar-refractivity contribution is 9.09. The van der Waals surface area contributed by atoms with E-state index < -0.39 is 0 Å². The van der Waals surface area contributed by atoms with Crippen molar-refractivity contribution in [3.63, 3.8) is 0 Å². The molecule has 1 heterocycles. The van der Waals surface area contributed by atoms with E-state index in [1.54, 1.807) is 18.4 Å². The Morgan fingerprint density at radius 3 is 3.06 bits per heavy atom. The molecule has 3 nitrogen and oxygen atoms in total. The number of carbonyl (C=O) groups is 1. The summed E-state index contributed by atoms with van der Waals surface area (Å²) in [7, 11) is 1.64. The molecule has 5 heteroatoms. The molecule has 2 rings (SSSR count). The van der Waals surface area contributed by atoms with E-state index in [2.05, 4.69) is 21.2 Å².